The van der Waals surface area contributed by atoms with Crippen molar-refractivity contribution in [1.82, 2.24) is 20.5 Å². The van der Waals surface area contributed by atoms with E-state index in [0.29, 0.717) is 24.9 Å². The summed E-state index contributed by atoms with van der Waals surface area (Å²) in [4.78, 5) is 11.2. The SMILES string of the molecule is CN=C(NCc1ncc(-c2ccc(C)cc2)o1)NCC(c1ccco1)N1CCCCC1.I. The van der Waals surface area contributed by atoms with Crippen molar-refractivity contribution in [3.05, 3.63) is 66.1 Å². The van der Waals surface area contributed by atoms with Crippen LogP contribution in [0.2, 0.25) is 0 Å². The Morgan fingerprint density at radius 1 is 1.12 bits per heavy atom. The van der Waals surface area contributed by atoms with Crippen LogP contribution in [-0.4, -0.2) is 42.5 Å². The highest BCUT2D eigenvalue weighted by Crippen LogP contribution is 2.24. The molecule has 1 atom stereocenters. The monoisotopic (exact) mass is 549 g/mol. The highest BCUT2D eigenvalue weighted by molar-refractivity contribution is 14.0. The molecule has 1 unspecified atom stereocenters. The van der Waals surface area contributed by atoms with Crippen LogP contribution in [0.4, 0.5) is 0 Å². The largest absolute Gasteiger partial charge is 0.468 e. The molecule has 1 saturated heterocycles. The molecule has 1 fully saturated rings. The minimum absolute atomic E-state index is 0. The topological polar surface area (TPSA) is 78.8 Å². The lowest BCUT2D eigenvalue weighted by Gasteiger charge is -2.33. The normalized spacial score (nSPS) is 15.8. The molecular weight excluding hydrogens is 517 g/mol. The Kier molecular flexibility index (Phi) is 9.16. The number of hydrogen-bond donors (Lipinski definition) is 2. The van der Waals surface area contributed by atoms with E-state index in [1.807, 2.05) is 18.2 Å². The smallest absolute Gasteiger partial charge is 0.214 e. The van der Waals surface area contributed by atoms with E-state index in [4.69, 9.17) is 8.83 Å². The van der Waals surface area contributed by atoms with Crippen molar-refractivity contribution in [1.29, 1.82) is 0 Å². The van der Waals surface area contributed by atoms with E-state index in [2.05, 4.69) is 50.6 Å². The van der Waals surface area contributed by atoms with Gasteiger partial charge in [0.25, 0.3) is 0 Å². The number of furan rings is 1. The number of benzene rings is 1. The van der Waals surface area contributed by atoms with Crippen molar-refractivity contribution in [2.24, 2.45) is 4.99 Å². The van der Waals surface area contributed by atoms with Gasteiger partial charge in [0.2, 0.25) is 5.89 Å². The fourth-order valence-corrected chi connectivity index (χ4v) is 3.94. The lowest BCUT2D eigenvalue weighted by atomic mass is 10.1. The Morgan fingerprint density at radius 2 is 1.91 bits per heavy atom. The molecule has 0 aliphatic carbocycles. The third kappa shape index (κ3) is 6.35. The van der Waals surface area contributed by atoms with Gasteiger partial charge in [0.15, 0.2) is 11.7 Å². The number of aromatic nitrogens is 1. The van der Waals surface area contributed by atoms with Crippen LogP contribution in [0.5, 0.6) is 0 Å². The molecule has 0 amide bonds. The van der Waals surface area contributed by atoms with E-state index in [9.17, 15) is 0 Å². The summed E-state index contributed by atoms with van der Waals surface area (Å²) in [6, 6.07) is 12.4. The first kappa shape index (κ1) is 24.3. The van der Waals surface area contributed by atoms with E-state index >= 15 is 0 Å². The number of oxazole rings is 1. The second-order valence-corrected chi connectivity index (χ2v) is 7.92. The van der Waals surface area contributed by atoms with Gasteiger partial charge in [-0.15, -0.1) is 24.0 Å². The lowest BCUT2D eigenvalue weighted by Crippen LogP contribution is -2.44. The van der Waals surface area contributed by atoms with Gasteiger partial charge in [-0.1, -0.05) is 36.2 Å². The zero-order valence-corrected chi connectivity index (χ0v) is 21.0. The number of aryl methyl sites for hydroxylation is 1. The van der Waals surface area contributed by atoms with Crippen LogP contribution in [0.25, 0.3) is 11.3 Å². The average Bonchev–Trinajstić information content (AvgIpc) is 3.50. The molecule has 0 saturated carbocycles. The predicted octanol–water partition coefficient (Wildman–Crippen LogP) is 4.75. The summed E-state index contributed by atoms with van der Waals surface area (Å²) >= 11 is 0. The number of piperidine rings is 1. The molecule has 0 spiro atoms. The Bertz CT molecular complexity index is 963. The maximum absolute atomic E-state index is 5.90. The van der Waals surface area contributed by atoms with Crippen molar-refractivity contribution in [3.8, 4) is 11.3 Å². The van der Waals surface area contributed by atoms with Crippen LogP contribution in [0, 0.1) is 6.92 Å². The molecule has 0 radical (unpaired) electrons. The number of likely N-dealkylation sites (tertiary alicyclic amines) is 1. The first-order valence-electron chi connectivity index (χ1n) is 11.0. The molecule has 7 nitrogen and oxygen atoms in total. The van der Waals surface area contributed by atoms with Crippen molar-refractivity contribution in [3.63, 3.8) is 0 Å². The Balaban J connectivity index is 0.00000289. The van der Waals surface area contributed by atoms with Crippen molar-refractivity contribution in [2.75, 3.05) is 26.7 Å². The van der Waals surface area contributed by atoms with Crippen LogP contribution in [0.15, 0.2) is 62.7 Å². The second kappa shape index (κ2) is 12.1. The molecule has 3 heterocycles. The number of halogens is 1. The van der Waals surface area contributed by atoms with Gasteiger partial charge in [0.1, 0.15) is 5.76 Å². The summed E-state index contributed by atoms with van der Waals surface area (Å²) in [5.41, 5.74) is 2.24. The van der Waals surface area contributed by atoms with Crippen molar-refractivity contribution < 1.29 is 8.83 Å². The zero-order chi connectivity index (χ0) is 21.5. The first-order valence-corrected chi connectivity index (χ1v) is 11.0. The summed E-state index contributed by atoms with van der Waals surface area (Å²) in [7, 11) is 1.77. The molecule has 2 aromatic heterocycles. The average molecular weight is 549 g/mol. The van der Waals surface area contributed by atoms with E-state index in [-0.39, 0.29) is 30.0 Å². The fraction of sp³-hybridized carbons (Fsp3) is 0.417. The van der Waals surface area contributed by atoms with Gasteiger partial charge in [0.05, 0.1) is 25.0 Å². The Labute approximate surface area is 206 Å². The summed E-state index contributed by atoms with van der Waals surface area (Å²) in [6.45, 7) is 5.43. The Hall–Kier alpha value is -2.33. The van der Waals surface area contributed by atoms with Crippen LogP contribution < -0.4 is 10.6 Å². The van der Waals surface area contributed by atoms with Gasteiger partial charge in [-0.3, -0.25) is 9.89 Å². The highest BCUT2D eigenvalue weighted by Gasteiger charge is 2.24. The molecule has 2 N–H and O–H groups in total. The van der Waals surface area contributed by atoms with Crippen LogP contribution in [0.1, 0.15) is 42.5 Å². The van der Waals surface area contributed by atoms with Crippen LogP contribution >= 0.6 is 24.0 Å². The number of guanidine groups is 1. The minimum atomic E-state index is 0. The highest BCUT2D eigenvalue weighted by atomic mass is 127. The molecule has 1 aliphatic rings. The standard InChI is InChI=1S/C24H31N5O2.HI/c1-18-8-10-19(11-9-18)22-16-26-23(31-22)17-28-24(25-2)27-15-20(21-7-6-14-30-21)29-12-4-3-5-13-29;/h6-11,14,16,20H,3-5,12-13,15,17H2,1-2H3,(H2,25,27,28);1H. The van der Waals surface area contributed by atoms with Crippen LogP contribution in [-0.2, 0) is 6.54 Å². The molecule has 172 valence electrons. The summed E-state index contributed by atoms with van der Waals surface area (Å²) in [6.07, 6.45) is 7.28. The van der Waals surface area contributed by atoms with Gasteiger partial charge >= 0.3 is 0 Å². The third-order valence-electron chi connectivity index (χ3n) is 5.69. The first-order chi connectivity index (χ1) is 15.2. The number of nitrogens with zero attached hydrogens (tertiary/aromatic N) is 3. The fourth-order valence-electron chi connectivity index (χ4n) is 3.94. The van der Waals surface area contributed by atoms with Gasteiger partial charge in [-0.25, -0.2) is 4.98 Å². The molecule has 1 aromatic carbocycles. The third-order valence-corrected chi connectivity index (χ3v) is 5.69. The number of hydrogen-bond acceptors (Lipinski definition) is 5. The van der Waals surface area contributed by atoms with E-state index in [1.165, 1.54) is 24.8 Å². The molecular formula is C24H32IN5O2. The van der Waals surface area contributed by atoms with Gasteiger partial charge in [-0.05, 0) is 45.0 Å². The van der Waals surface area contributed by atoms with Gasteiger partial charge in [-0.2, -0.15) is 0 Å². The van der Waals surface area contributed by atoms with Crippen molar-refractivity contribution in [2.45, 2.75) is 38.8 Å². The predicted molar refractivity (Wildman–Crippen MR) is 137 cm³/mol. The van der Waals surface area contributed by atoms with Gasteiger partial charge < -0.3 is 19.5 Å². The maximum Gasteiger partial charge on any atom is 0.214 e. The van der Waals surface area contributed by atoms with E-state index in [0.717, 1.165) is 30.2 Å². The Morgan fingerprint density at radius 3 is 2.59 bits per heavy atom. The summed E-state index contributed by atoms with van der Waals surface area (Å²) in [5.74, 6) is 3.09. The van der Waals surface area contributed by atoms with E-state index < -0.39 is 0 Å². The molecule has 4 rings (SSSR count). The molecule has 3 aromatic rings. The molecule has 1 aliphatic heterocycles. The lowest BCUT2D eigenvalue weighted by molar-refractivity contribution is 0.146. The number of nitrogens with one attached hydrogen (secondary N) is 2. The minimum Gasteiger partial charge on any atom is -0.468 e. The zero-order valence-electron chi connectivity index (χ0n) is 18.7. The number of rotatable bonds is 7. The summed E-state index contributed by atoms with van der Waals surface area (Å²) < 4.78 is 11.6. The second-order valence-electron chi connectivity index (χ2n) is 7.92. The summed E-state index contributed by atoms with van der Waals surface area (Å²) in [5, 5.41) is 6.73. The molecule has 8 heteroatoms. The van der Waals surface area contributed by atoms with Crippen LogP contribution in [0.3, 0.4) is 0 Å². The van der Waals surface area contributed by atoms with E-state index in [1.54, 1.807) is 19.5 Å². The van der Waals surface area contributed by atoms with Gasteiger partial charge in [0, 0.05) is 19.2 Å². The molecule has 32 heavy (non-hydrogen) atoms. The maximum atomic E-state index is 5.90. The molecule has 0 bridgehead atoms. The quantitative estimate of drug-likeness (QED) is 0.252. The number of aliphatic imine (C=N–C) groups is 1. The van der Waals surface area contributed by atoms with Crippen molar-refractivity contribution >= 4 is 29.9 Å².